The van der Waals surface area contributed by atoms with Gasteiger partial charge in [0.2, 0.25) is 5.78 Å². The summed E-state index contributed by atoms with van der Waals surface area (Å²) in [7, 11) is -3.79. The number of hydrogen-bond donors (Lipinski definition) is 1. The zero-order chi connectivity index (χ0) is 16.2. The standard InChI is InChI=1S/C16H16O5S/c1-22(19,20)21-12-16(18,14-10-6-3-7-11-14)15(17)13-8-4-2-5-9-13/h2-11,18H,12H2,1H3. The summed E-state index contributed by atoms with van der Waals surface area (Å²) in [6.45, 7) is -0.677. The minimum atomic E-state index is -3.79. The molecule has 0 saturated carbocycles. The van der Waals surface area contributed by atoms with Crippen LogP contribution in [0.4, 0.5) is 0 Å². The summed E-state index contributed by atoms with van der Waals surface area (Å²) in [5, 5.41) is 10.8. The van der Waals surface area contributed by atoms with Gasteiger partial charge in [0, 0.05) is 5.56 Å². The molecule has 0 aliphatic rings. The van der Waals surface area contributed by atoms with Crippen molar-refractivity contribution in [3.8, 4) is 0 Å². The third-order valence-electron chi connectivity index (χ3n) is 3.14. The van der Waals surface area contributed by atoms with Crippen LogP contribution < -0.4 is 0 Å². The fourth-order valence-corrected chi connectivity index (χ4v) is 2.40. The predicted octanol–water partition coefficient (Wildman–Crippen LogP) is 1.73. The number of carbonyl (C=O) groups excluding carboxylic acids is 1. The lowest BCUT2D eigenvalue weighted by molar-refractivity contribution is 0.00431. The first-order valence-electron chi connectivity index (χ1n) is 6.55. The first-order chi connectivity index (χ1) is 10.3. The van der Waals surface area contributed by atoms with Gasteiger partial charge in [0.1, 0.15) is 6.61 Å². The van der Waals surface area contributed by atoms with Crippen LogP contribution in [0.1, 0.15) is 15.9 Å². The summed E-state index contributed by atoms with van der Waals surface area (Å²) in [5.41, 5.74) is -1.54. The minimum absolute atomic E-state index is 0.269. The van der Waals surface area contributed by atoms with E-state index < -0.39 is 28.1 Å². The lowest BCUT2D eigenvalue weighted by atomic mass is 9.86. The fourth-order valence-electron chi connectivity index (χ4n) is 2.01. The second-order valence-corrected chi connectivity index (χ2v) is 6.53. The van der Waals surface area contributed by atoms with Crippen LogP contribution in [-0.4, -0.2) is 32.2 Å². The van der Waals surface area contributed by atoms with Crippen LogP contribution in [0.5, 0.6) is 0 Å². The third kappa shape index (κ3) is 3.79. The monoisotopic (exact) mass is 320 g/mol. The van der Waals surface area contributed by atoms with E-state index in [1.165, 1.54) is 0 Å². The molecular formula is C16H16O5S. The van der Waals surface area contributed by atoms with Crippen LogP contribution in [0.15, 0.2) is 60.7 Å². The van der Waals surface area contributed by atoms with E-state index in [0.29, 0.717) is 0 Å². The average Bonchev–Trinajstić information content (AvgIpc) is 2.53. The van der Waals surface area contributed by atoms with E-state index in [-0.39, 0.29) is 11.1 Å². The molecule has 0 aliphatic carbocycles. The van der Waals surface area contributed by atoms with E-state index in [1.807, 2.05) is 0 Å². The molecule has 0 spiro atoms. The van der Waals surface area contributed by atoms with Crippen molar-refractivity contribution in [2.75, 3.05) is 12.9 Å². The number of rotatable bonds is 6. The Hall–Kier alpha value is -2.02. The molecule has 2 aromatic rings. The quantitative estimate of drug-likeness (QED) is 0.647. The van der Waals surface area contributed by atoms with Crippen molar-refractivity contribution >= 4 is 15.9 Å². The Labute approximate surface area is 129 Å². The Balaban J connectivity index is 2.44. The van der Waals surface area contributed by atoms with Crippen molar-refractivity contribution in [3.63, 3.8) is 0 Å². The molecule has 1 atom stereocenters. The van der Waals surface area contributed by atoms with Crippen molar-refractivity contribution in [2.24, 2.45) is 0 Å². The van der Waals surface area contributed by atoms with Crippen LogP contribution >= 0.6 is 0 Å². The number of carbonyl (C=O) groups is 1. The smallest absolute Gasteiger partial charge is 0.264 e. The Bertz CT molecular complexity index is 741. The second kappa shape index (κ2) is 6.39. The number of ketones is 1. The summed E-state index contributed by atoms with van der Waals surface area (Å²) in [6.07, 6.45) is 0.866. The molecule has 5 nitrogen and oxygen atoms in total. The molecule has 1 unspecified atom stereocenters. The topological polar surface area (TPSA) is 80.7 Å². The number of benzene rings is 2. The molecule has 2 aromatic carbocycles. The van der Waals surface area contributed by atoms with Gasteiger partial charge in [0.25, 0.3) is 10.1 Å². The van der Waals surface area contributed by atoms with Gasteiger partial charge in [-0.05, 0) is 5.56 Å². The van der Waals surface area contributed by atoms with Gasteiger partial charge < -0.3 is 5.11 Å². The SMILES string of the molecule is CS(=O)(=O)OCC(O)(C(=O)c1ccccc1)c1ccccc1. The van der Waals surface area contributed by atoms with Crippen molar-refractivity contribution in [1.29, 1.82) is 0 Å². The lowest BCUT2D eigenvalue weighted by Crippen LogP contribution is -2.41. The largest absolute Gasteiger partial charge is 0.375 e. The molecular weight excluding hydrogens is 304 g/mol. The third-order valence-corrected chi connectivity index (χ3v) is 3.69. The van der Waals surface area contributed by atoms with Crippen molar-refractivity contribution in [1.82, 2.24) is 0 Å². The van der Waals surface area contributed by atoms with Gasteiger partial charge in [-0.15, -0.1) is 0 Å². The van der Waals surface area contributed by atoms with Crippen LogP contribution in [0.3, 0.4) is 0 Å². The molecule has 0 aliphatic heterocycles. The molecule has 22 heavy (non-hydrogen) atoms. The molecule has 116 valence electrons. The van der Waals surface area contributed by atoms with E-state index in [9.17, 15) is 18.3 Å². The maximum absolute atomic E-state index is 12.7. The second-order valence-electron chi connectivity index (χ2n) is 4.89. The van der Waals surface area contributed by atoms with Gasteiger partial charge >= 0.3 is 0 Å². The lowest BCUT2D eigenvalue weighted by Gasteiger charge is -2.26. The minimum Gasteiger partial charge on any atom is -0.375 e. The Morgan fingerprint density at radius 1 is 1.05 bits per heavy atom. The van der Waals surface area contributed by atoms with Crippen molar-refractivity contribution < 1.29 is 22.5 Å². The highest BCUT2D eigenvalue weighted by Gasteiger charge is 2.39. The van der Waals surface area contributed by atoms with Crippen LogP contribution in [0.2, 0.25) is 0 Å². The van der Waals surface area contributed by atoms with Crippen molar-refractivity contribution in [2.45, 2.75) is 5.60 Å². The maximum atomic E-state index is 12.7. The molecule has 0 amide bonds. The molecule has 0 radical (unpaired) electrons. The Kier molecular flexibility index (Phi) is 4.75. The van der Waals surface area contributed by atoms with Gasteiger partial charge in [0.15, 0.2) is 5.60 Å². The highest BCUT2D eigenvalue weighted by molar-refractivity contribution is 7.85. The number of Topliss-reactive ketones (excluding diaryl/α,β-unsaturated/α-hetero) is 1. The normalized spacial score (nSPS) is 14.3. The first-order valence-corrected chi connectivity index (χ1v) is 8.37. The fraction of sp³-hybridized carbons (Fsp3) is 0.188. The summed E-state index contributed by atoms with van der Waals surface area (Å²) < 4.78 is 27.1. The zero-order valence-corrected chi connectivity index (χ0v) is 12.8. The summed E-state index contributed by atoms with van der Waals surface area (Å²) in [4.78, 5) is 12.7. The molecule has 0 aromatic heterocycles. The first kappa shape index (κ1) is 16.4. The van der Waals surface area contributed by atoms with Gasteiger partial charge in [-0.2, -0.15) is 8.42 Å². The van der Waals surface area contributed by atoms with E-state index in [4.69, 9.17) is 4.18 Å². The summed E-state index contributed by atoms with van der Waals surface area (Å²) >= 11 is 0. The Morgan fingerprint density at radius 3 is 2.05 bits per heavy atom. The molecule has 0 fully saturated rings. The maximum Gasteiger partial charge on any atom is 0.264 e. The predicted molar refractivity (Wildman–Crippen MR) is 81.9 cm³/mol. The molecule has 0 bridgehead atoms. The average molecular weight is 320 g/mol. The molecule has 2 rings (SSSR count). The summed E-state index contributed by atoms with van der Waals surface area (Å²) in [5.74, 6) is -0.622. The van der Waals surface area contributed by atoms with Gasteiger partial charge in [-0.3, -0.25) is 8.98 Å². The van der Waals surface area contributed by atoms with Gasteiger partial charge in [-0.1, -0.05) is 60.7 Å². The molecule has 0 heterocycles. The molecule has 0 saturated heterocycles. The molecule has 6 heteroatoms. The molecule has 1 N–H and O–H groups in total. The van der Waals surface area contributed by atoms with E-state index >= 15 is 0 Å². The van der Waals surface area contributed by atoms with E-state index in [0.717, 1.165) is 6.26 Å². The Morgan fingerprint density at radius 2 is 1.55 bits per heavy atom. The van der Waals surface area contributed by atoms with Crippen LogP contribution in [0, 0.1) is 0 Å². The number of aliphatic hydroxyl groups is 1. The van der Waals surface area contributed by atoms with E-state index in [2.05, 4.69) is 0 Å². The highest BCUT2D eigenvalue weighted by atomic mass is 32.2. The number of hydrogen-bond acceptors (Lipinski definition) is 5. The zero-order valence-electron chi connectivity index (χ0n) is 12.0. The van der Waals surface area contributed by atoms with Crippen molar-refractivity contribution in [3.05, 3.63) is 71.8 Å². The van der Waals surface area contributed by atoms with Gasteiger partial charge in [-0.25, -0.2) is 0 Å². The van der Waals surface area contributed by atoms with E-state index in [1.54, 1.807) is 60.7 Å². The van der Waals surface area contributed by atoms with Crippen LogP contribution in [-0.2, 0) is 19.9 Å². The highest BCUT2D eigenvalue weighted by Crippen LogP contribution is 2.27. The van der Waals surface area contributed by atoms with Gasteiger partial charge in [0.05, 0.1) is 6.26 Å². The summed E-state index contributed by atoms with van der Waals surface area (Å²) in [6, 6.07) is 16.3. The van der Waals surface area contributed by atoms with Crippen LogP contribution in [0.25, 0.3) is 0 Å².